The SMILES string of the molecule is CNC(c1cc(Cl)c(Br)s1)c1cc(F)ccc1C. The van der Waals surface area contributed by atoms with E-state index in [1.807, 2.05) is 20.0 Å². The molecule has 0 saturated carbocycles. The van der Waals surface area contributed by atoms with Crippen molar-refractivity contribution in [2.45, 2.75) is 13.0 Å². The Kier molecular flexibility index (Phi) is 4.43. The second-order valence-electron chi connectivity index (χ2n) is 3.99. The lowest BCUT2D eigenvalue weighted by molar-refractivity contribution is 0.616. The van der Waals surface area contributed by atoms with Crippen LogP contribution in [0.2, 0.25) is 5.02 Å². The number of aryl methyl sites for hydroxylation is 1. The monoisotopic (exact) mass is 347 g/mol. The van der Waals surface area contributed by atoms with Crippen LogP contribution in [-0.2, 0) is 0 Å². The highest BCUT2D eigenvalue weighted by molar-refractivity contribution is 9.11. The number of nitrogens with one attached hydrogen (secondary N) is 1. The van der Waals surface area contributed by atoms with Gasteiger partial charge in [0.25, 0.3) is 0 Å². The molecule has 18 heavy (non-hydrogen) atoms. The quantitative estimate of drug-likeness (QED) is 0.830. The van der Waals surface area contributed by atoms with Crippen molar-refractivity contribution in [2.75, 3.05) is 7.05 Å². The lowest BCUT2D eigenvalue weighted by atomic mass is 10.00. The standard InChI is InChI=1S/C13H12BrClFNS/c1-7-3-4-8(16)5-9(7)12(17-2)11-6-10(15)13(14)18-11/h3-6,12,17H,1-2H3. The lowest BCUT2D eigenvalue weighted by Crippen LogP contribution is -2.17. The molecule has 5 heteroatoms. The van der Waals surface area contributed by atoms with Gasteiger partial charge < -0.3 is 5.32 Å². The van der Waals surface area contributed by atoms with Crippen molar-refractivity contribution in [3.8, 4) is 0 Å². The molecule has 0 aliphatic rings. The van der Waals surface area contributed by atoms with Crippen molar-refractivity contribution < 1.29 is 4.39 Å². The van der Waals surface area contributed by atoms with Crippen LogP contribution in [0.1, 0.15) is 22.0 Å². The van der Waals surface area contributed by atoms with Crippen LogP contribution < -0.4 is 5.32 Å². The zero-order valence-corrected chi connectivity index (χ0v) is 13.1. The molecule has 96 valence electrons. The Hall–Kier alpha value is -0.420. The summed E-state index contributed by atoms with van der Waals surface area (Å²) in [6.07, 6.45) is 0. The van der Waals surface area contributed by atoms with Crippen LogP contribution in [-0.4, -0.2) is 7.05 Å². The summed E-state index contributed by atoms with van der Waals surface area (Å²) in [6, 6.07) is 6.69. The van der Waals surface area contributed by atoms with Gasteiger partial charge in [-0.1, -0.05) is 17.7 Å². The predicted molar refractivity (Wildman–Crippen MR) is 79.1 cm³/mol. The molecule has 0 amide bonds. The van der Waals surface area contributed by atoms with Gasteiger partial charge in [-0.05, 0) is 59.2 Å². The molecule has 0 radical (unpaired) electrons. The van der Waals surface area contributed by atoms with Gasteiger partial charge in [0.15, 0.2) is 0 Å². The molecule has 1 unspecified atom stereocenters. The molecular weight excluding hydrogens is 337 g/mol. The molecule has 1 nitrogen and oxygen atoms in total. The van der Waals surface area contributed by atoms with E-state index in [-0.39, 0.29) is 11.9 Å². The fraction of sp³-hybridized carbons (Fsp3) is 0.231. The third-order valence-electron chi connectivity index (χ3n) is 2.79. The topological polar surface area (TPSA) is 12.0 Å². The summed E-state index contributed by atoms with van der Waals surface area (Å²) in [5.74, 6) is -0.224. The zero-order chi connectivity index (χ0) is 13.3. The van der Waals surface area contributed by atoms with Gasteiger partial charge in [0.1, 0.15) is 5.82 Å². The molecule has 1 N–H and O–H groups in total. The summed E-state index contributed by atoms with van der Waals surface area (Å²) in [5, 5.41) is 3.89. The molecule has 1 aromatic carbocycles. The first-order valence-electron chi connectivity index (χ1n) is 5.41. The Balaban J connectivity index is 2.48. The zero-order valence-electron chi connectivity index (χ0n) is 9.93. The third-order valence-corrected chi connectivity index (χ3v) is 5.33. The van der Waals surface area contributed by atoms with Crippen molar-refractivity contribution in [1.82, 2.24) is 5.32 Å². The van der Waals surface area contributed by atoms with E-state index in [1.165, 1.54) is 6.07 Å². The van der Waals surface area contributed by atoms with E-state index in [2.05, 4.69) is 21.2 Å². The molecular formula is C13H12BrClFNS. The number of rotatable bonds is 3. The normalized spacial score (nSPS) is 12.7. The first-order chi connectivity index (χ1) is 8.52. The molecule has 1 heterocycles. The largest absolute Gasteiger partial charge is 0.309 e. The molecule has 0 aliphatic carbocycles. The first kappa shape index (κ1) is 14.0. The average molecular weight is 349 g/mol. The van der Waals surface area contributed by atoms with Crippen LogP contribution in [0.4, 0.5) is 4.39 Å². The van der Waals surface area contributed by atoms with E-state index in [0.717, 1.165) is 19.8 Å². The minimum absolute atomic E-state index is 0.0468. The van der Waals surface area contributed by atoms with Crippen molar-refractivity contribution in [3.63, 3.8) is 0 Å². The number of benzene rings is 1. The predicted octanol–water partition coefficient (Wildman–Crippen LogP) is 4.92. The Labute approximate surface area is 123 Å². The molecule has 2 aromatic rings. The maximum absolute atomic E-state index is 13.4. The highest BCUT2D eigenvalue weighted by Gasteiger charge is 2.18. The van der Waals surface area contributed by atoms with E-state index < -0.39 is 0 Å². The van der Waals surface area contributed by atoms with Crippen LogP contribution in [0, 0.1) is 12.7 Å². The summed E-state index contributed by atoms with van der Waals surface area (Å²) in [6.45, 7) is 1.98. The van der Waals surface area contributed by atoms with Gasteiger partial charge in [-0.2, -0.15) is 0 Å². The molecule has 1 atom stereocenters. The summed E-state index contributed by atoms with van der Waals surface area (Å²) in [4.78, 5) is 1.06. The van der Waals surface area contributed by atoms with Crippen LogP contribution in [0.5, 0.6) is 0 Å². The summed E-state index contributed by atoms with van der Waals surface area (Å²) in [7, 11) is 1.86. The summed E-state index contributed by atoms with van der Waals surface area (Å²) >= 11 is 11.0. The van der Waals surface area contributed by atoms with Gasteiger partial charge in [-0.25, -0.2) is 4.39 Å². The third kappa shape index (κ3) is 2.77. The Bertz CT molecular complexity index is 551. The molecule has 0 saturated heterocycles. The lowest BCUT2D eigenvalue weighted by Gasteiger charge is -2.17. The minimum Gasteiger partial charge on any atom is -0.309 e. The Morgan fingerprint density at radius 3 is 2.67 bits per heavy atom. The van der Waals surface area contributed by atoms with E-state index in [1.54, 1.807) is 23.5 Å². The average Bonchev–Trinajstić information content (AvgIpc) is 2.65. The van der Waals surface area contributed by atoms with Gasteiger partial charge in [0.2, 0.25) is 0 Å². The van der Waals surface area contributed by atoms with Crippen LogP contribution in [0.15, 0.2) is 28.1 Å². The van der Waals surface area contributed by atoms with Crippen LogP contribution in [0.25, 0.3) is 0 Å². The number of hydrogen-bond donors (Lipinski definition) is 1. The molecule has 0 aliphatic heterocycles. The first-order valence-corrected chi connectivity index (χ1v) is 7.39. The van der Waals surface area contributed by atoms with Gasteiger partial charge in [-0.15, -0.1) is 11.3 Å². The van der Waals surface area contributed by atoms with Crippen LogP contribution in [0.3, 0.4) is 0 Å². The number of halogens is 3. The fourth-order valence-electron chi connectivity index (χ4n) is 1.88. The Morgan fingerprint density at radius 1 is 1.39 bits per heavy atom. The van der Waals surface area contributed by atoms with Crippen molar-refractivity contribution in [3.05, 3.63) is 54.9 Å². The minimum atomic E-state index is -0.224. The molecule has 0 bridgehead atoms. The van der Waals surface area contributed by atoms with Crippen molar-refractivity contribution in [2.24, 2.45) is 0 Å². The van der Waals surface area contributed by atoms with Crippen molar-refractivity contribution in [1.29, 1.82) is 0 Å². The highest BCUT2D eigenvalue weighted by Crippen LogP contribution is 2.38. The number of thiophene rings is 1. The van der Waals surface area contributed by atoms with Gasteiger partial charge in [-0.3, -0.25) is 0 Å². The van der Waals surface area contributed by atoms with Crippen molar-refractivity contribution >= 4 is 38.9 Å². The maximum Gasteiger partial charge on any atom is 0.123 e. The molecule has 2 rings (SSSR count). The van der Waals surface area contributed by atoms with Gasteiger partial charge in [0.05, 0.1) is 14.9 Å². The summed E-state index contributed by atoms with van der Waals surface area (Å²) in [5.41, 5.74) is 1.99. The van der Waals surface area contributed by atoms with E-state index >= 15 is 0 Å². The van der Waals surface area contributed by atoms with Gasteiger partial charge in [0, 0.05) is 4.88 Å². The molecule has 1 aromatic heterocycles. The van der Waals surface area contributed by atoms with Gasteiger partial charge >= 0.3 is 0 Å². The van der Waals surface area contributed by atoms with E-state index in [0.29, 0.717) is 5.02 Å². The smallest absolute Gasteiger partial charge is 0.123 e. The van der Waals surface area contributed by atoms with Crippen LogP contribution >= 0.6 is 38.9 Å². The Morgan fingerprint density at radius 2 is 2.11 bits per heavy atom. The second kappa shape index (κ2) is 5.70. The fourth-order valence-corrected chi connectivity index (χ4v) is 3.75. The highest BCUT2D eigenvalue weighted by atomic mass is 79.9. The summed E-state index contributed by atoms with van der Waals surface area (Å²) < 4.78 is 14.3. The van der Waals surface area contributed by atoms with E-state index in [9.17, 15) is 4.39 Å². The molecule has 0 fully saturated rings. The second-order valence-corrected chi connectivity index (χ2v) is 6.80. The molecule has 0 spiro atoms. The maximum atomic E-state index is 13.4. The van der Waals surface area contributed by atoms with E-state index in [4.69, 9.17) is 11.6 Å². The number of hydrogen-bond acceptors (Lipinski definition) is 2.